The fourth-order valence-corrected chi connectivity index (χ4v) is 0.357. The number of halogens is 3. The first kappa shape index (κ1) is 10.6. The summed E-state index contributed by atoms with van der Waals surface area (Å²) < 4.78 is 35.1. The zero-order valence-corrected chi connectivity index (χ0v) is 5.86. The van der Waals surface area contributed by atoms with Crippen molar-refractivity contribution in [1.29, 1.82) is 0 Å². The Morgan fingerprint density at radius 1 is 1.25 bits per heavy atom. The number of carbonyl (C=O) groups is 1. The molecule has 12 heavy (non-hydrogen) atoms. The van der Waals surface area contributed by atoms with Crippen molar-refractivity contribution in [2.24, 2.45) is 0 Å². The Bertz CT molecular complexity index is 250. The van der Waals surface area contributed by atoms with Gasteiger partial charge in [0.05, 0.1) is 11.1 Å². The predicted octanol–water partition coefficient (Wildman–Crippen LogP) is 1.34. The lowest BCUT2D eigenvalue weighted by Crippen LogP contribution is -2.20. The van der Waals surface area contributed by atoms with Gasteiger partial charge in [-0.15, -0.1) is 0 Å². The molecular formula is C7H4F3O2. The summed E-state index contributed by atoms with van der Waals surface area (Å²) in [4.78, 5) is 20.3. The fourth-order valence-electron chi connectivity index (χ4n) is 0.357. The number of carbonyl (C=O) groups excluding carboxylic acids is 2. The van der Waals surface area contributed by atoms with E-state index in [1.165, 1.54) is 0 Å². The van der Waals surface area contributed by atoms with Gasteiger partial charge in [-0.2, -0.15) is 13.2 Å². The molecule has 0 unspecified atom stereocenters. The Kier molecular flexibility index (Phi) is 2.95. The van der Waals surface area contributed by atoms with E-state index < -0.39 is 23.1 Å². The molecule has 0 atom stereocenters. The zero-order chi connectivity index (χ0) is 9.94. The monoisotopic (exact) mass is 177 g/mol. The maximum absolute atomic E-state index is 11.7. The lowest BCUT2D eigenvalue weighted by Gasteiger charge is -2.06. The zero-order valence-electron chi connectivity index (χ0n) is 5.86. The average Bonchev–Trinajstić information content (AvgIpc) is 1.98. The van der Waals surface area contributed by atoms with Crippen molar-refractivity contribution in [3.05, 3.63) is 24.3 Å². The number of rotatable bonds is 3. The molecule has 0 saturated carbocycles. The molecular weight excluding hydrogens is 173 g/mol. The standard InChI is InChI=1S/C7H4F3O2/c1-4(3-11)6(12)5(2)7(8,9)10/h1-2H2. The second-order valence-electron chi connectivity index (χ2n) is 1.89. The van der Waals surface area contributed by atoms with Crippen LogP contribution >= 0.6 is 0 Å². The van der Waals surface area contributed by atoms with Gasteiger partial charge in [-0.3, -0.25) is 9.59 Å². The molecule has 0 saturated heterocycles. The van der Waals surface area contributed by atoms with Gasteiger partial charge in [0.25, 0.3) is 0 Å². The van der Waals surface area contributed by atoms with E-state index in [4.69, 9.17) is 0 Å². The predicted molar refractivity (Wildman–Crippen MR) is 35.0 cm³/mol. The summed E-state index contributed by atoms with van der Waals surface area (Å²) in [6.45, 7) is 5.25. The molecule has 0 N–H and O–H groups in total. The Labute approximate surface area is 66.4 Å². The van der Waals surface area contributed by atoms with E-state index in [0.29, 0.717) is 0 Å². The molecule has 0 aromatic carbocycles. The number of hydrogen-bond donors (Lipinski definition) is 0. The van der Waals surface area contributed by atoms with Gasteiger partial charge in [-0.05, 0) is 0 Å². The third-order valence-electron chi connectivity index (χ3n) is 1.01. The van der Waals surface area contributed by atoms with Gasteiger partial charge in [0.2, 0.25) is 12.1 Å². The quantitative estimate of drug-likeness (QED) is 0.370. The van der Waals surface area contributed by atoms with Crippen LogP contribution in [0.25, 0.3) is 0 Å². The Morgan fingerprint density at radius 3 is 1.92 bits per heavy atom. The van der Waals surface area contributed by atoms with Crippen LogP contribution in [0, 0.1) is 0 Å². The summed E-state index contributed by atoms with van der Waals surface area (Å²) in [5.74, 6) is -1.53. The highest BCUT2D eigenvalue weighted by Gasteiger charge is 2.37. The van der Waals surface area contributed by atoms with Gasteiger partial charge in [0.15, 0.2) is 0 Å². The van der Waals surface area contributed by atoms with Crippen LogP contribution < -0.4 is 0 Å². The minimum absolute atomic E-state index is 0.877. The molecule has 0 aliphatic rings. The highest BCUT2D eigenvalue weighted by Crippen LogP contribution is 2.25. The summed E-state index contributed by atoms with van der Waals surface area (Å²) in [6, 6.07) is 0. The Morgan fingerprint density at radius 2 is 1.67 bits per heavy atom. The van der Waals surface area contributed by atoms with Gasteiger partial charge in [-0.1, -0.05) is 13.2 Å². The van der Waals surface area contributed by atoms with Crippen molar-refractivity contribution >= 4 is 12.1 Å². The second kappa shape index (κ2) is 3.34. The van der Waals surface area contributed by atoms with Crippen LogP contribution in [-0.4, -0.2) is 18.2 Å². The highest BCUT2D eigenvalue weighted by atomic mass is 19.4. The molecule has 0 aromatic rings. The minimum Gasteiger partial charge on any atom is -0.289 e. The van der Waals surface area contributed by atoms with E-state index in [1.807, 2.05) is 0 Å². The van der Waals surface area contributed by atoms with Crippen molar-refractivity contribution in [2.45, 2.75) is 6.18 Å². The molecule has 2 nitrogen and oxygen atoms in total. The number of alkyl halides is 3. The summed E-state index contributed by atoms with van der Waals surface area (Å²) in [5, 5.41) is 0. The lowest BCUT2D eigenvalue weighted by atomic mass is 10.1. The first-order valence-corrected chi connectivity index (χ1v) is 2.68. The summed E-state index contributed by atoms with van der Waals surface area (Å²) in [5.41, 5.74) is -2.49. The third-order valence-corrected chi connectivity index (χ3v) is 1.01. The van der Waals surface area contributed by atoms with Crippen LogP contribution in [0.2, 0.25) is 0 Å². The van der Waals surface area contributed by atoms with Crippen molar-refractivity contribution in [1.82, 2.24) is 0 Å². The minimum atomic E-state index is -4.82. The number of hydrogen-bond acceptors (Lipinski definition) is 2. The van der Waals surface area contributed by atoms with Crippen LogP contribution in [0.1, 0.15) is 0 Å². The largest absolute Gasteiger partial charge is 0.419 e. The number of ketones is 1. The van der Waals surface area contributed by atoms with E-state index in [9.17, 15) is 22.8 Å². The van der Waals surface area contributed by atoms with Crippen molar-refractivity contribution in [3.63, 3.8) is 0 Å². The molecule has 0 aliphatic heterocycles. The van der Waals surface area contributed by atoms with Crippen LogP contribution in [0.4, 0.5) is 13.2 Å². The van der Waals surface area contributed by atoms with Gasteiger partial charge in [0, 0.05) is 0 Å². The van der Waals surface area contributed by atoms with Crippen LogP contribution in [0.5, 0.6) is 0 Å². The summed E-state index contributed by atoms with van der Waals surface area (Å²) in [7, 11) is 0. The fraction of sp³-hybridized carbons (Fsp3) is 0.143. The highest BCUT2D eigenvalue weighted by molar-refractivity contribution is 6.19. The van der Waals surface area contributed by atoms with Crippen molar-refractivity contribution in [2.75, 3.05) is 0 Å². The van der Waals surface area contributed by atoms with Crippen molar-refractivity contribution in [3.8, 4) is 0 Å². The Balaban J connectivity index is 4.64. The molecule has 0 spiro atoms. The number of allylic oxidation sites excluding steroid dienone is 2. The van der Waals surface area contributed by atoms with Gasteiger partial charge < -0.3 is 0 Å². The van der Waals surface area contributed by atoms with E-state index in [-0.39, 0.29) is 0 Å². The third kappa shape index (κ3) is 2.34. The molecule has 1 radical (unpaired) electrons. The molecule has 0 heterocycles. The summed E-state index contributed by atoms with van der Waals surface area (Å²) in [6.07, 6.45) is -3.86. The van der Waals surface area contributed by atoms with E-state index >= 15 is 0 Å². The molecule has 0 rings (SSSR count). The van der Waals surface area contributed by atoms with Gasteiger partial charge in [0.1, 0.15) is 0 Å². The normalized spacial score (nSPS) is 10.6. The maximum atomic E-state index is 11.7. The Hall–Kier alpha value is -1.39. The smallest absolute Gasteiger partial charge is 0.289 e. The maximum Gasteiger partial charge on any atom is 0.419 e. The molecule has 0 aliphatic carbocycles. The molecule has 0 amide bonds. The van der Waals surface area contributed by atoms with E-state index in [2.05, 4.69) is 13.2 Å². The van der Waals surface area contributed by atoms with Crippen LogP contribution in [0.15, 0.2) is 24.3 Å². The average molecular weight is 177 g/mol. The molecule has 0 fully saturated rings. The number of Topliss-reactive ketones (excluding diaryl/α,β-unsaturated/α-hetero) is 1. The van der Waals surface area contributed by atoms with Gasteiger partial charge in [-0.25, -0.2) is 0 Å². The van der Waals surface area contributed by atoms with E-state index in [0.717, 1.165) is 6.29 Å². The van der Waals surface area contributed by atoms with Crippen LogP contribution in [-0.2, 0) is 9.59 Å². The van der Waals surface area contributed by atoms with Crippen molar-refractivity contribution < 1.29 is 22.8 Å². The SMILES string of the molecule is C=C([C]=O)C(=O)C(=C)C(F)(F)F. The summed E-state index contributed by atoms with van der Waals surface area (Å²) >= 11 is 0. The van der Waals surface area contributed by atoms with Crippen LogP contribution in [0.3, 0.4) is 0 Å². The molecule has 65 valence electrons. The second-order valence-corrected chi connectivity index (χ2v) is 1.89. The first-order valence-electron chi connectivity index (χ1n) is 2.68. The van der Waals surface area contributed by atoms with Gasteiger partial charge >= 0.3 is 6.18 Å². The molecule has 0 aromatic heterocycles. The lowest BCUT2D eigenvalue weighted by molar-refractivity contribution is -0.125. The first-order chi connectivity index (χ1) is 5.30. The topological polar surface area (TPSA) is 34.1 Å². The van der Waals surface area contributed by atoms with E-state index in [1.54, 1.807) is 0 Å². The molecule has 0 bridgehead atoms. The molecule has 5 heteroatoms.